The number of aliphatic hydroxyl groups is 2. The molecule has 69 heavy (non-hydrogen) atoms. The van der Waals surface area contributed by atoms with E-state index in [1.165, 1.54) is 23.5 Å². The first-order chi connectivity index (χ1) is 32.7. The summed E-state index contributed by atoms with van der Waals surface area (Å²) in [6, 6.07) is 4.49. The van der Waals surface area contributed by atoms with Crippen LogP contribution in [0.2, 0.25) is 5.15 Å². The maximum Gasteiger partial charge on any atom is 0.175 e. The zero-order chi connectivity index (χ0) is 46.5. The first-order valence-electron chi connectivity index (χ1n) is 22.7. The summed E-state index contributed by atoms with van der Waals surface area (Å²) in [4.78, 5) is 35.9. The average Bonchev–Trinajstić information content (AvgIpc) is 4.05. The molecular weight excluding hydrogens is 988 g/mol. The van der Waals surface area contributed by atoms with Gasteiger partial charge in [-0.1, -0.05) is 35.1 Å². The highest BCUT2D eigenvalue weighted by Gasteiger charge is 2.48. The van der Waals surface area contributed by atoms with Gasteiger partial charge >= 0.3 is 0 Å². The molecule has 0 amide bonds. The highest BCUT2D eigenvalue weighted by molar-refractivity contribution is 7.99. The van der Waals surface area contributed by atoms with Crippen molar-refractivity contribution in [2.24, 2.45) is 23.0 Å². The molecule has 4 aromatic rings. The quantitative estimate of drug-likeness (QED) is 0.109. The van der Waals surface area contributed by atoms with E-state index in [0.29, 0.717) is 85.4 Å². The minimum atomic E-state index is -0.257. The van der Waals surface area contributed by atoms with E-state index in [4.69, 9.17) is 60.5 Å². The fourth-order valence-corrected chi connectivity index (χ4v) is 11.8. The van der Waals surface area contributed by atoms with Crippen LogP contribution in [-0.2, 0) is 36.9 Å². The van der Waals surface area contributed by atoms with Gasteiger partial charge in [-0.3, -0.25) is 0 Å². The summed E-state index contributed by atoms with van der Waals surface area (Å²) in [7, 11) is 3.26. The molecule has 10 rings (SSSR count). The van der Waals surface area contributed by atoms with Gasteiger partial charge in [-0.15, -0.1) is 0 Å². The minimum Gasteiger partial charge on any atom is -0.486 e. The summed E-state index contributed by atoms with van der Waals surface area (Å²) in [6.45, 7) is 8.90. The van der Waals surface area contributed by atoms with Gasteiger partial charge < -0.3 is 63.8 Å². The summed E-state index contributed by atoms with van der Waals surface area (Å²) < 4.78 is 39.3. The van der Waals surface area contributed by atoms with Crippen molar-refractivity contribution >= 4 is 79.6 Å². The lowest BCUT2D eigenvalue weighted by Gasteiger charge is -2.41. The van der Waals surface area contributed by atoms with Crippen LogP contribution in [0.4, 0.5) is 17.5 Å². The van der Waals surface area contributed by atoms with Gasteiger partial charge in [0, 0.05) is 76.1 Å². The smallest absolute Gasteiger partial charge is 0.175 e. The van der Waals surface area contributed by atoms with Crippen LogP contribution in [0.1, 0.15) is 44.0 Å². The highest BCUT2D eigenvalue weighted by atomic mass is 35.5. The number of hydrogen-bond donors (Lipinski definition) is 3. The van der Waals surface area contributed by atoms with Gasteiger partial charge in [0.2, 0.25) is 0 Å². The van der Waals surface area contributed by atoms with Gasteiger partial charge in [-0.2, -0.15) is 27.0 Å². The monoisotopic (exact) mass is 1050 g/mol. The van der Waals surface area contributed by atoms with E-state index in [9.17, 15) is 10.2 Å². The molecule has 4 N–H and O–H groups in total. The number of fused-ring (bicyclic) bond motifs is 6. The number of piperidine rings is 1. The van der Waals surface area contributed by atoms with Crippen LogP contribution in [0.5, 0.6) is 11.5 Å². The molecule has 0 saturated carbocycles. The lowest BCUT2D eigenvalue weighted by molar-refractivity contribution is -0.0415. The van der Waals surface area contributed by atoms with E-state index in [-0.39, 0.29) is 62.9 Å². The molecule has 378 valence electrons. The Kier molecular flexibility index (Phi) is 19.0. The Hall–Kier alpha value is -3.17. The van der Waals surface area contributed by atoms with Gasteiger partial charge in [-0.25, -0.2) is 29.9 Å². The van der Waals surface area contributed by atoms with E-state index in [1.807, 2.05) is 18.3 Å². The van der Waals surface area contributed by atoms with Crippen molar-refractivity contribution in [2.75, 3.05) is 102 Å². The number of aliphatic hydroxyl groups excluding tert-OH is 2. The van der Waals surface area contributed by atoms with E-state index < -0.39 is 0 Å². The highest BCUT2D eigenvalue weighted by Crippen LogP contribution is 2.47. The van der Waals surface area contributed by atoms with E-state index in [1.54, 1.807) is 32.8 Å². The van der Waals surface area contributed by atoms with Crippen molar-refractivity contribution in [3.8, 4) is 11.5 Å². The molecule has 0 aliphatic carbocycles. The van der Waals surface area contributed by atoms with E-state index in [2.05, 4.69) is 41.6 Å². The minimum absolute atomic E-state index is 0. The van der Waals surface area contributed by atoms with Crippen LogP contribution in [0, 0.1) is 17.3 Å². The molecule has 6 aliphatic heterocycles. The Morgan fingerprint density at radius 2 is 1.29 bits per heavy atom. The third-order valence-electron chi connectivity index (χ3n) is 13.4. The molecular formula is C45H63ClN10O9S4. The van der Waals surface area contributed by atoms with E-state index in [0.717, 1.165) is 97.2 Å². The number of methoxy groups -OCH3 is 2. The molecule has 4 aromatic heterocycles. The number of halogens is 1. The van der Waals surface area contributed by atoms with Crippen molar-refractivity contribution in [2.45, 2.75) is 89.9 Å². The van der Waals surface area contributed by atoms with Crippen molar-refractivity contribution in [1.29, 1.82) is 0 Å². The summed E-state index contributed by atoms with van der Waals surface area (Å²) in [5, 5.41) is 21.1. The lowest BCUT2D eigenvalue weighted by atomic mass is 9.73. The number of pyridine rings is 2. The molecule has 10 heterocycles. The SMILES string of the molecule is COCOCC1C[C@H]2COc3c(Sc4cnc(Cl)c(CO)n4)ccnc3N2C1.COCOC[C@@H]1C[C@H]2COc3c(Sc4cnc(N5CCC6(CC5)CO[C@@H](C)[C@H]6N)c(CO)n4)ccnc3N2C1.S.S. The summed E-state index contributed by atoms with van der Waals surface area (Å²) in [5.41, 5.74) is 7.46. The van der Waals surface area contributed by atoms with Gasteiger partial charge in [-0.05, 0) is 44.7 Å². The third-order valence-corrected chi connectivity index (χ3v) is 15.6. The summed E-state index contributed by atoms with van der Waals surface area (Å²) in [5.74, 6) is 4.81. The number of nitrogens with zero attached hydrogens (tertiary/aromatic N) is 9. The molecule has 6 atom stereocenters. The standard InChI is InChI=1S/C27H38N6O5S.C18H21ClN4O4S.2H2S/c1-17-24(28)27(15-38-17)4-7-32(8-5-27)25-20(12-34)31-22(10-30-25)39-21-3-6-29-26-23(21)37-14-19-9-18(11-33(19)26)13-36-16-35-2;1-25-10-26-8-11-4-12-9-27-16-14(2-3-20-18(16)23(12)6-11)28-15-5-21-17(19)13(7-24)22-15;;/h3,6,10,17-19,24,34H,4-5,7-9,11-16,28H2,1-2H3;2-3,5,11-12,24H,4,6-10H2,1H3;2*1H2/t17-,18+,19-,24+;11?,12-;;/m00../s1. The molecule has 0 bridgehead atoms. The Bertz CT molecular complexity index is 2330. The largest absolute Gasteiger partial charge is 0.486 e. The summed E-state index contributed by atoms with van der Waals surface area (Å²) in [6.07, 6.45) is 11.0. The number of rotatable bonds is 15. The molecule has 0 radical (unpaired) electrons. The van der Waals surface area contributed by atoms with Gasteiger partial charge in [0.05, 0.1) is 73.4 Å². The maximum atomic E-state index is 10.2. The van der Waals surface area contributed by atoms with Gasteiger partial charge in [0.1, 0.15) is 48.2 Å². The third kappa shape index (κ3) is 11.9. The van der Waals surface area contributed by atoms with Crippen LogP contribution in [-0.4, -0.2) is 151 Å². The number of ether oxygens (including phenoxy) is 7. The fourth-order valence-electron chi connectivity index (χ4n) is 9.97. The van der Waals surface area contributed by atoms with Gasteiger partial charge in [0.25, 0.3) is 0 Å². The van der Waals surface area contributed by atoms with Crippen molar-refractivity contribution in [3.63, 3.8) is 0 Å². The summed E-state index contributed by atoms with van der Waals surface area (Å²) >= 11 is 8.83. The van der Waals surface area contributed by atoms with Crippen molar-refractivity contribution in [3.05, 3.63) is 53.5 Å². The number of anilines is 3. The van der Waals surface area contributed by atoms with Gasteiger partial charge in [0.15, 0.2) is 34.1 Å². The van der Waals surface area contributed by atoms with Crippen LogP contribution < -0.4 is 29.9 Å². The Labute approximate surface area is 430 Å². The lowest BCUT2D eigenvalue weighted by Crippen LogP contribution is -2.51. The number of nitrogens with two attached hydrogens (primary N) is 1. The topological polar surface area (TPSA) is 218 Å². The number of aromatic nitrogens is 6. The normalized spacial score (nSPS) is 23.9. The zero-order valence-corrected chi connectivity index (χ0v) is 43.4. The van der Waals surface area contributed by atoms with Crippen LogP contribution in [0.15, 0.2) is 56.8 Å². The second-order valence-electron chi connectivity index (χ2n) is 17.8. The van der Waals surface area contributed by atoms with Crippen LogP contribution in [0.25, 0.3) is 0 Å². The molecule has 1 spiro atoms. The second-order valence-corrected chi connectivity index (χ2v) is 20.2. The Morgan fingerprint density at radius 1 is 0.768 bits per heavy atom. The Balaban J connectivity index is 0.000000208. The fraction of sp³-hybridized carbons (Fsp3) is 0.600. The predicted molar refractivity (Wildman–Crippen MR) is 271 cm³/mol. The zero-order valence-electron chi connectivity index (χ0n) is 39.0. The first kappa shape index (κ1) is 53.6. The molecule has 24 heteroatoms. The molecule has 19 nitrogen and oxygen atoms in total. The predicted octanol–water partition coefficient (Wildman–Crippen LogP) is 4.66. The Morgan fingerprint density at radius 3 is 1.78 bits per heavy atom. The molecule has 4 fully saturated rings. The maximum absolute atomic E-state index is 10.2. The average molecular weight is 1050 g/mol. The van der Waals surface area contributed by atoms with Crippen molar-refractivity contribution < 1.29 is 43.4 Å². The second kappa shape index (κ2) is 24.5. The number of hydrogen-bond acceptors (Lipinski definition) is 21. The van der Waals surface area contributed by atoms with Crippen LogP contribution in [0.3, 0.4) is 0 Å². The molecule has 4 saturated heterocycles. The first-order valence-corrected chi connectivity index (χ1v) is 24.7. The molecule has 6 aliphatic rings. The molecule has 1 unspecified atom stereocenters. The van der Waals surface area contributed by atoms with Crippen LogP contribution >= 0.6 is 62.1 Å². The molecule has 0 aromatic carbocycles. The van der Waals surface area contributed by atoms with Crippen molar-refractivity contribution in [1.82, 2.24) is 29.9 Å². The van der Waals surface area contributed by atoms with E-state index >= 15 is 0 Å².